The topological polar surface area (TPSA) is 65.0 Å². The van der Waals surface area contributed by atoms with Gasteiger partial charge in [-0.1, -0.05) is 30.3 Å². The summed E-state index contributed by atoms with van der Waals surface area (Å²) < 4.78 is 24.0. The molecule has 31 heavy (non-hydrogen) atoms. The Kier molecular flexibility index (Phi) is 9.63. The van der Waals surface area contributed by atoms with Gasteiger partial charge in [0.15, 0.2) is 15.8 Å². The summed E-state index contributed by atoms with van der Waals surface area (Å²) in [5, 5.41) is 3.30. The van der Waals surface area contributed by atoms with Gasteiger partial charge in [0.05, 0.1) is 10.5 Å². The van der Waals surface area contributed by atoms with Crippen LogP contribution in [0.25, 0.3) is 0 Å². The number of hydrogen-bond acceptors (Lipinski definition) is 4. The fourth-order valence-corrected chi connectivity index (χ4v) is 5.63. The van der Waals surface area contributed by atoms with Crippen molar-refractivity contribution in [3.05, 3.63) is 35.9 Å². The average Bonchev–Trinajstić information content (AvgIpc) is 2.71. The summed E-state index contributed by atoms with van der Waals surface area (Å²) in [6, 6.07) is 11.4. The minimum Gasteiger partial charge on any atom is -0.355 e. The fraction of sp³-hybridized carbons (Fsp3) is 0.696. The maximum atomic E-state index is 12.4. The van der Waals surface area contributed by atoms with Crippen LogP contribution in [0.1, 0.15) is 45.6 Å². The molecule has 6 nitrogen and oxygen atoms in total. The van der Waals surface area contributed by atoms with Crippen molar-refractivity contribution in [2.75, 3.05) is 39.0 Å². The molecule has 176 valence electrons. The van der Waals surface area contributed by atoms with E-state index in [9.17, 15) is 8.42 Å². The van der Waals surface area contributed by atoms with E-state index in [2.05, 4.69) is 50.4 Å². The molecule has 2 fully saturated rings. The Bertz CT molecular complexity index is 824. The number of halogens is 1. The summed E-state index contributed by atoms with van der Waals surface area (Å²) >= 11 is 0. The second-order valence-corrected chi connectivity index (χ2v) is 12.4. The first-order valence-electron chi connectivity index (χ1n) is 11.2. The standard InChI is InChI=1S/C23H38N4O2S.HI/c1-23(2,3)30(28,29)16-13-25-22(24-4)27-15-12-21-20(18-27)11-8-14-26(21)17-19-9-6-5-7-10-19;/h5-7,9-10,20-21H,8,11-18H2,1-4H3,(H,24,25);1H. The summed E-state index contributed by atoms with van der Waals surface area (Å²) in [7, 11) is -1.34. The Balaban J connectivity index is 0.00000341. The quantitative estimate of drug-likeness (QED) is 0.339. The number of benzene rings is 1. The minimum atomic E-state index is -3.13. The Morgan fingerprint density at radius 2 is 1.87 bits per heavy atom. The number of rotatable bonds is 5. The van der Waals surface area contributed by atoms with Gasteiger partial charge in [-0.15, -0.1) is 24.0 Å². The van der Waals surface area contributed by atoms with Crippen LogP contribution in [0.4, 0.5) is 0 Å². The van der Waals surface area contributed by atoms with Crippen LogP contribution in [0.5, 0.6) is 0 Å². The molecule has 0 spiro atoms. The molecule has 2 saturated heterocycles. The van der Waals surface area contributed by atoms with Crippen LogP contribution in [0.2, 0.25) is 0 Å². The third-order valence-electron chi connectivity index (χ3n) is 6.51. The molecule has 0 aliphatic carbocycles. The molecule has 2 aliphatic rings. The highest BCUT2D eigenvalue weighted by molar-refractivity contribution is 14.0. The normalized spacial score (nSPS) is 23.1. The van der Waals surface area contributed by atoms with Crippen molar-refractivity contribution in [1.82, 2.24) is 15.1 Å². The molecular weight excluding hydrogens is 523 g/mol. The van der Waals surface area contributed by atoms with Gasteiger partial charge in [-0.3, -0.25) is 9.89 Å². The third kappa shape index (κ3) is 6.81. The van der Waals surface area contributed by atoms with Gasteiger partial charge in [0.1, 0.15) is 0 Å². The van der Waals surface area contributed by atoms with Crippen molar-refractivity contribution < 1.29 is 8.42 Å². The Morgan fingerprint density at radius 1 is 1.16 bits per heavy atom. The molecule has 2 aliphatic heterocycles. The van der Waals surface area contributed by atoms with E-state index >= 15 is 0 Å². The van der Waals surface area contributed by atoms with Crippen molar-refractivity contribution in [2.24, 2.45) is 10.9 Å². The van der Waals surface area contributed by atoms with Crippen molar-refractivity contribution >= 4 is 39.8 Å². The molecule has 0 saturated carbocycles. The highest BCUT2D eigenvalue weighted by atomic mass is 127. The number of likely N-dealkylation sites (tertiary alicyclic amines) is 2. The van der Waals surface area contributed by atoms with Gasteiger partial charge in [-0.25, -0.2) is 8.42 Å². The summed E-state index contributed by atoms with van der Waals surface area (Å²) in [5.74, 6) is 1.59. The molecule has 8 heteroatoms. The number of hydrogen-bond donors (Lipinski definition) is 1. The second-order valence-electron chi connectivity index (χ2n) is 9.57. The number of nitrogens with one attached hydrogen (secondary N) is 1. The van der Waals surface area contributed by atoms with Crippen LogP contribution >= 0.6 is 24.0 Å². The van der Waals surface area contributed by atoms with Crippen molar-refractivity contribution in [3.63, 3.8) is 0 Å². The van der Waals surface area contributed by atoms with Crippen molar-refractivity contribution in [3.8, 4) is 0 Å². The largest absolute Gasteiger partial charge is 0.355 e. The van der Waals surface area contributed by atoms with Crippen molar-refractivity contribution in [2.45, 2.75) is 57.4 Å². The lowest BCUT2D eigenvalue weighted by Crippen LogP contribution is -2.57. The van der Waals surface area contributed by atoms with E-state index in [4.69, 9.17) is 0 Å². The summed E-state index contributed by atoms with van der Waals surface area (Å²) in [6.07, 6.45) is 3.61. The van der Waals surface area contributed by atoms with Crippen LogP contribution in [-0.4, -0.2) is 73.9 Å². The lowest BCUT2D eigenvalue weighted by Gasteiger charge is -2.48. The highest BCUT2D eigenvalue weighted by Crippen LogP contribution is 2.31. The van der Waals surface area contributed by atoms with Crippen molar-refractivity contribution in [1.29, 1.82) is 0 Å². The predicted octanol–water partition coefficient (Wildman–Crippen LogP) is 3.38. The Labute approximate surface area is 205 Å². The number of aliphatic imine (C=N–C) groups is 1. The van der Waals surface area contributed by atoms with Gasteiger partial charge in [-0.05, 0) is 58.1 Å². The maximum Gasteiger partial charge on any atom is 0.193 e. The van der Waals surface area contributed by atoms with Crippen LogP contribution in [0.3, 0.4) is 0 Å². The molecule has 0 radical (unpaired) electrons. The summed E-state index contributed by atoms with van der Waals surface area (Å²) in [4.78, 5) is 9.42. The van der Waals surface area contributed by atoms with E-state index in [-0.39, 0.29) is 29.7 Å². The van der Waals surface area contributed by atoms with Crippen LogP contribution in [-0.2, 0) is 16.4 Å². The number of guanidine groups is 1. The lowest BCUT2D eigenvalue weighted by molar-refractivity contribution is 0.0373. The number of sulfone groups is 1. The molecule has 1 aromatic rings. The molecule has 0 aromatic heterocycles. The van der Waals surface area contributed by atoms with E-state index in [1.54, 1.807) is 27.8 Å². The van der Waals surface area contributed by atoms with E-state index < -0.39 is 14.6 Å². The zero-order valence-corrected chi connectivity index (χ0v) is 22.5. The van der Waals surface area contributed by atoms with Gasteiger partial charge < -0.3 is 10.2 Å². The summed E-state index contributed by atoms with van der Waals surface area (Å²) in [5.41, 5.74) is 1.39. The van der Waals surface area contributed by atoms with Crippen LogP contribution in [0, 0.1) is 5.92 Å². The molecule has 0 bridgehead atoms. The zero-order chi connectivity index (χ0) is 21.8. The molecular formula is C23H39IN4O2S. The molecule has 1 N–H and O–H groups in total. The molecule has 1 aromatic carbocycles. The SMILES string of the molecule is CN=C(NCCS(=O)(=O)C(C)(C)C)N1CCC2C(CCCN2Cc2ccccc2)C1.I. The average molecular weight is 563 g/mol. The second kappa shape index (κ2) is 11.3. The fourth-order valence-electron chi connectivity index (χ4n) is 4.65. The molecule has 2 unspecified atom stereocenters. The van der Waals surface area contributed by atoms with E-state index in [0.29, 0.717) is 18.5 Å². The van der Waals surface area contributed by atoms with Gasteiger partial charge in [-0.2, -0.15) is 0 Å². The van der Waals surface area contributed by atoms with Gasteiger partial charge in [0.25, 0.3) is 0 Å². The maximum absolute atomic E-state index is 12.4. The molecule has 0 amide bonds. The van der Waals surface area contributed by atoms with Crippen LogP contribution < -0.4 is 5.32 Å². The number of piperidine rings is 2. The monoisotopic (exact) mass is 562 g/mol. The summed E-state index contributed by atoms with van der Waals surface area (Å²) in [6.45, 7) is 9.81. The third-order valence-corrected chi connectivity index (χ3v) is 9.12. The Morgan fingerprint density at radius 3 is 2.52 bits per heavy atom. The van der Waals surface area contributed by atoms with E-state index in [1.165, 1.54) is 24.9 Å². The van der Waals surface area contributed by atoms with Gasteiger partial charge in [0, 0.05) is 39.3 Å². The van der Waals surface area contributed by atoms with Crippen LogP contribution in [0.15, 0.2) is 35.3 Å². The van der Waals surface area contributed by atoms with E-state index in [0.717, 1.165) is 32.0 Å². The first-order valence-corrected chi connectivity index (χ1v) is 12.8. The number of nitrogens with zero attached hydrogens (tertiary/aromatic N) is 3. The smallest absolute Gasteiger partial charge is 0.193 e. The molecule has 2 heterocycles. The highest BCUT2D eigenvalue weighted by Gasteiger charge is 2.37. The first-order chi connectivity index (χ1) is 14.2. The number of fused-ring (bicyclic) bond motifs is 1. The molecule has 2 atom stereocenters. The Hall–Kier alpha value is -0.870. The zero-order valence-electron chi connectivity index (χ0n) is 19.4. The molecule has 3 rings (SSSR count). The minimum absolute atomic E-state index is 0. The van der Waals surface area contributed by atoms with Gasteiger partial charge in [0.2, 0.25) is 0 Å². The predicted molar refractivity (Wildman–Crippen MR) is 140 cm³/mol. The lowest BCUT2D eigenvalue weighted by atomic mass is 9.83. The first kappa shape index (κ1) is 26.4. The van der Waals surface area contributed by atoms with E-state index in [1.807, 2.05) is 0 Å². The van der Waals surface area contributed by atoms with Gasteiger partial charge >= 0.3 is 0 Å².